The van der Waals surface area contributed by atoms with Crippen LogP contribution in [0.5, 0.6) is 0 Å². The van der Waals surface area contributed by atoms with Gasteiger partial charge in [0.2, 0.25) is 0 Å². The van der Waals surface area contributed by atoms with Gasteiger partial charge in [-0.1, -0.05) is 18.2 Å². The molecule has 0 radical (unpaired) electrons. The molecule has 1 unspecified atom stereocenters. The molecule has 1 saturated carbocycles. The second-order valence-corrected chi connectivity index (χ2v) is 9.40. The number of hydrogen-bond donors (Lipinski definition) is 3. The number of carbonyl (C=O) groups is 2. The van der Waals surface area contributed by atoms with Crippen LogP contribution < -0.4 is 16.0 Å². The Hall–Kier alpha value is -3.16. The number of amides is 2. The number of ketones is 1. The molecule has 1 aromatic carbocycles. The second kappa shape index (κ2) is 9.99. The first-order chi connectivity index (χ1) is 16.6. The summed E-state index contributed by atoms with van der Waals surface area (Å²) in [6, 6.07) is 7.61. The molecule has 1 fully saturated rings. The van der Waals surface area contributed by atoms with E-state index in [-0.39, 0.29) is 18.0 Å². The number of nitrogens with zero attached hydrogens (tertiary/aromatic N) is 1. The fourth-order valence-corrected chi connectivity index (χ4v) is 5.23. The van der Waals surface area contributed by atoms with Crippen LogP contribution in [0.4, 0.5) is 10.5 Å². The Morgan fingerprint density at radius 2 is 1.88 bits per heavy atom. The lowest BCUT2D eigenvalue weighted by Gasteiger charge is -2.31. The number of nitrogens with one attached hydrogen (secondary N) is 3. The molecule has 34 heavy (non-hydrogen) atoms. The van der Waals surface area contributed by atoms with Crippen LogP contribution in [-0.2, 0) is 9.53 Å². The summed E-state index contributed by atoms with van der Waals surface area (Å²) < 4.78 is 5.45. The highest BCUT2D eigenvalue weighted by atomic mass is 16.5. The van der Waals surface area contributed by atoms with E-state index in [1.54, 1.807) is 12.0 Å². The number of urea groups is 1. The number of fused-ring (bicyclic) bond motifs is 1. The van der Waals surface area contributed by atoms with Crippen molar-refractivity contribution in [3.63, 3.8) is 0 Å². The van der Waals surface area contributed by atoms with Crippen molar-refractivity contribution in [2.45, 2.75) is 44.2 Å². The topological polar surface area (TPSA) is 82.7 Å². The van der Waals surface area contributed by atoms with Crippen LogP contribution in [0.25, 0.3) is 5.57 Å². The van der Waals surface area contributed by atoms with Crippen molar-refractivity contribution in [2.24, 2.45) is 5.92 Å². The first-order valence-electron chi connectivity index (χ1n) is 12.1. The number of hydrogen-bond acceptors (Lipinski definition) is 5. The number of benzene rings is 1. The molecule has 3 N–H and O–H groups in total. The van der Waals surface area contributed by atoms with Crippen molar-refractivity contribution < 1.29 is 14.3 Å². The van der Waals surface area contributed by atoms with Gasteiger partial charge in [0.25, 0.3) is 0 Å². The minimum atomic E-state index is -0.154. The quantitative estimate of drug-likeness (QED) is 0.620. The molecule has 1 aromatic rings. The van der Waals surface area contributed by atoms with E-state index in [1.807, 2.05) is 48.9 Å². The van der Waals surface area contributed by atoms with Crippen LogP contribution in [0.3, 0.4) is 0 Å². The molecule has 0 saturated heterocycles. The summed E-state index contributed by atoms with van der Waals surface area (Å²) in [6.45, 7) is 1.25. The van der Waals surface area contributed by atoms with E-state index >= 15 is 0 Å². The van der Waals surface area contributed by atoms with E-state index in [2.05, 4.69) is 22.0 Å². The molecule has 0 bridgehead atoms. The Balaban J connectivity index is 1.17. The van der Waals surface area contributed by atoms with Gasteiger partial charge in [0.15, 0.2) is 5.78 Å². The van der Waals surface area contributed by atoms with Gasteiger partial charge in [-0.15, -0.1) is 0 Å². The zero-order valence-corrected chi connectivity index (χ0v) is 19.5. The number of carbonyl (C=O) groups excluding carboxylic acids is 2. The largest absolute Gasteiger partial charge is 0.381 e. The van der Waals surface area contributed by atoms with Crippen molar-refractivity contribution in [1.29, 1.82) is 0 Å². The summed E-state index contributed by atoms with van der Waals surface area (Å²) in [5, 5.41) is 9.43. The molecule has 7 heteroatoms. The SMILES string of the molecule is COC1CCC(C(=O)C2CC(c3ccc(NC(=O)N4C=C5C=CNC=C5C4)cc3)=CCN2)CC1. The molecule has 5 rings (SSSR count). The highest BCUT2D eigenvalue weighted by molar-refractivity contribution is 5.92. The molecule has 3 heterocycles. The predicted octanol–water partition coefficient (Wildman–Crippen LogP) is 3.94. The van der Waals surface area contributed by atoms with Crippen LogP contribution >= 0.6 is 0 Å². The maximum Gasteiger partial charge on any atom is 0.326 e. The van der Waals surface area contributed by atoms with Crippen molar-refractivity contribution >= 4 is 23.1 Å². The van der Waals surface area contributed by atoms with E-state index in [1.165, 1.54) is 5.57 Å². The Morgan fingerprint density at radius 3 is 2.62 bits per heavy atom. The maximum absolute atomic E-state index is 13.1. The summed E-state index contributed by atoms with van der Waals surface area (Å²) in [5.74, 6) is 0.469. The summed E-state index contributed by atoms with van der Waals surface area (Å²) >= 11 is 0. The number of Topliss-reactive ketones (excluding diaryl/α,β-unsaturated/α-hetero) is 1. The Bertz CT molecular complexity index is 1060. The molecular formula is C27H32N4O3. The lowest BCUT2D eigenvalue weighted by Crippen LogP contribution is -2.43. The molecule has 1 aliphatic carbocycles. The molecule has 0 aromatic heterocycles. The number of rotatable bonds is 5. The first kappa shape index (κ1) is 22.6. The number of anilines is 1. The van der Waals surface area contributed by atoms with Crippen molar-refractivity contribution in [1.82, 2.24) is 15.5 Å². The molecule has 1 atom stereocenters. The Kier molecular flexibility index (Phi) is 6.65. The molecule has 7 nitrogen and oxygen atoms in total. The van der Waals surface area contributed by atoms with Gasteiger partial charge in [-0.05, 0) is 72.6 Å². The van der Waals surface area contributed by atoms with E-state index < -0.39 is 0 Å². The van der Waals surface area contributed by atoms with E-state index in [9.17, 15) is 9.59 Å². The van der Waals surface area contributed by atoms with Gasteiger partial charge in [0, 0.05) is 43.9 Å². The minimum absolute atomic E-state index is 0.131. The zero-order chi connectivity index (χ0) is 23.5. The van der Waals surface area contributed by atoms with Gasteiger partial charge < -0.3 is 20.7 Å². The summed E-state index contributed by atoms with van der Waals surface area (Å²) in [6.07, 6.45) is 14.5. The third kappa shape index (κ3) is 4.86. The second-order valence-electron chi connectivity index (χ2n) is 9.40. The van der Waals surface area contributed by atoms with Crippen LogP contribution in [0.2, 0.25) is 0 Å². The van der Waals surface area contributed by atoms with Crippen molar-refractivity contribution in [2.75, 3.05) is 25.5 Å². The standard InChI is InChI=1S/C27H32N4O3/c1-34-24-8-4-19(5-9-24)26(32)25-14-20(11-13-29-25)18-2-6-23(7-3-18)30-27(33)31-16-21-10-12-28-15-22(21)17-31/h2-3,6-7,10-12,15-16,19,24-25,28-29H,4-5,8-9,13-14,17H2,1H3,(H,30,33). The normalized spacial score (nSPS) is 26.1. The van der Waals surface area contributed by atoms with Crippen LogP contribution in [0, 0.1) is 5.92 Å². The average molecular weight is 461 g/mol. The van der Waals surface area contributed by atoms with Crippen LogP contribution in [0.1, 0.15) is 37.7 Å². The van der Waals surface area contributed by atoms with Gasteiger partial charge >= 0.3 is 6.03 Å². The lowest BCUT2D eigenvalue weighted by molar-refractivity contribution is -0.126. The number of methoxy groups -OCH3 is 1. The van der Waals surface area contributed by atoms with Gasteiger partial charge in [-0.3, -0.25) is 9.69 Å². The summed E-state index contributed by atoms with van der Waals surface area (Å²) in [5.41, 5.74) is 5.18. The minimum Gasteiger partial charge on any atom is -0.381 e. The van der Waals surface area contributed by atoms with Crippen LogP contribution in [0.15, 0.2) is 66.2 Å². The maximum atomic E-state index is 13.1. The van der Waals surface area contributed by atoms with Crippen molar-refractivity contribution in [3.8, 4) is 0 Å². The first-order valence-corrected chi connectivity index (χ1v) is 12.1. The lowest BCUT2D eigenvalue weighted by atomic mass is 9.80. The molecular weight excluding hydrogens is 428 g/mol. The van der Waals surface area contributed by atoms with Gasteiger partial charge in [0.1, 0.15) is 0 Å². The highest BCUT2D eigenvalue weighted by Gasteiger charge is 2.32. The van der Waals surface area contributed by atoms with Crippen LogP contribution in [-0.4, -0.2) is 49.1 Å². The van der Waals surface area contributed by atoms with E-state index in [0.29, 0.717) is 31.4 Å². The third-order valence-electron chi connectivity index (χ3n) is 7.28. The van der Waals surface area contributed by atoms with Gasteiger partial charge in [-0.2, -0.15) is 0 Å². The monoisotopic (exact) mass is 460 g/mol. The molecule has 3 aliphatic heterocycles. The fraction of sp³-hybridized carbons (Fsp3) is 0.407. The predicted molar refractivity (Wildman–Crippen MR) is 133 cm³/mol. The summed E-state index contributed by atoms with van der Waals surface area (Å²) in [4.78, 5) is 27.5. The van der Waals surface area contributed by atoms with Gasteiger partial charge in [0.05, 0.1) is 18.7 Å². The zero-order valence-electron chi connectivity index (χ0n) is 19.5. The molecule has 2 amide bonds. The van der Waals surface area contributed by atoms with E-state index in [0.717, 1.165) is 48.1 Å². The molecule has 4 aliphatic rings. The Labute approximate surface area is 200 Å². The van der Waals surface area contributed by atoms with Gasteiger partial charge in [-0.25, -0.2) is 4.79 Å². The van der Waals surface area contributed by atoms with Crippen molar-refractivity contribution in [3.05, 3.63) is 71.7 Å². The highest BCUT2D eigenvalue weighted by Crippen LogP contribution is 2.31. The average Bonchev–Trinajstić information content (AvgIpc) is 3.34. The number of ether oxygens (including phenoxy) is 1. The molecule has 0 spiro atoms. The molecule has 178 valence electrons. The van der Waals surface area contributed by atoms with E-state index in [4.69, 9.17) is 4.74 Å². The number of dihydropyridines is 1. The number of allylic oxidation sites excluding steroid dienone is 1. The third-order valence-corrected chi connectivity index (χ3v) is 7.28. The summed E-state index contributed by atoms with van der Waals surface area (Å²) in [7, 11) is 1.76. The Morgan fingerprint density at radius 1 is 1.09 bits per heavy atom. The fourth-order valence-electron chi connectivity index (χ4n) is 5.23. The smallest absolute Gasteiger partial charge is 0.326 e.